The zero-order valence-corrected chi connectivity index (χ0v) is 17.1. The molecule has 0 atom stereocenters. The van der Waals surface area contributed by atoms with Crippen LogP contribution in [0.25, 0.3) is 10.8 Å². The lowest BCUT2D eigenvalue weighted by Gasteiger charge is -2.21. The van der Waals surface area contributed by atoms with E-state index < -0.39 is 0 Å². The number of imidazole rings is 1. The maximum Gasteiger partial charge on any atom is 0.136 e. The summed E-state index contributed by atoms with van der Waals surface area (Å²) in [5.41, 5.74) is 3.96. The maximum absolute atomic E-state index is 5.08. The Balaban J connectivity index is 1.36. The lowest BCUT2D eigenvalue weighted by molar-refractivity contribution is 0.650. The Bertz CT molecular complexity index is 1140. The summed E-state index contributed by atoms with van der Waals surface area (Å²) in [6.07, 6.45) is 8.89. The number of benzene rings is 3. The highest BCUT2D eigenvalue weighted by Crippen LogP contribution is 2.37. The monoisotopic (exact) mass is 394 g/mol. The predicted molar refractivity (Wildman–Crippen MR) is 124 cm³/mol. The Morgan fingerprint density at radius 3 is 2.53 bits per heavy atom. The topological polar surface area (TPSA) is 33.4 Å². The van der Waals surface area contributed by atoms with Gasteiger partial charge in [0, 0.05) is 43.0 Å². The van der Waals surface area contributed by atoms with Gasteiger partial charge in [0.05, 0.1) is 12.0 Å². The molecule has 1 aliphatic heterocycles. The van der Waals surface area contributed by atoms with Gasteiger partial charge < -0.3 is 9.47 Å². The van der Waals surface area contributed by atoms with Gasteiger partial charge in [0.15, 0.2) is 0 Å². The molecule has 0 aliphatic carbocycles. The number of rotatable bonds is 8. The van der Waals surface area contributed by atoms with Gasteiger partial charge in [0.2, 0.25) is 0 Å². The molecule has 0 bridgehead atoms. The molecule has 4 aromatic rings. The summed E-state index contributed by atoms with van der Waals surface area (Å²) >= 11 is 0. The van der Waals surface area contributed by atoms with Crippen molar-refractivity contribution < 1.29 is 0 Å². The summed E-state index contributed by atoms with van der Waals surface area (Å²) in [4.78, 5) is 11.6. The van der Waals surface area contributed by atoms with Crippen LogP contribution in [-0.4, -0.2) is 28.5 Å². The van der Waals surface area contributed by atoms with Crippen LogP contribution in [0.4, 0.5) is 5.69 Å². The molecule has 0 spiro atoms. The van der Waals surface area contributed by atoms with Crippen molar-refractivity contribution in [3.8, 4) is 0 Å². The van der Waals surface area contributed by atoms with Crippen molar-refractivity contribution in [3.63, 3.8) is 0 Å². The number of aliphatic imine (C=N–C) groups is 1. The summed E-state index contributed by atoms with van der Waals surface area (Å²) < 4.78 is 2.11. The molecule has 0 fully saturated rings. The van der Waals surface area contributed by atoms with Gasteiger partial charge in [0.25, 0.3) is 0 Å². The standard InChI is InChI=1S/C26H26N4/c1-2-8-21(9-3-1)10-6-18-30-24-14-5-12-22-11-4-13-23(25(22)24)26(30)28-15-7-17-29-19-16-27-20-29/h1-5,8-9,11-14,16,19-20H,6-7,10,15,17-18H2. The second-order valence-corrected chi connectivity index (χ2v) is 7.78. The van der Waals surface area contributed by atoms with E-state index in [-0.39, 0.29) is 0 Å². The number of amidine groups is 1. The van der Waals surface area contributed by atoms with Gasteiger partial charge in [-0.3, -0.25) is 4.99 Å². The molecule has 0 N–H and O–H groups in total. The molecule has 1 aliphatic rings. The molecule has 3 aromatic carbocycles. The van der Waals surface area contributed by atoms with Crippen LogP contribution in [0, 0.1) is 0 Å². The summed E-state index contributed by atoms with van der Waals surface area (Å²) in [5.74, 6) is 1.13. The second kappa shape index (κ2) is 8.54. The summed E-state index contributed by atoms with van der Waals surface area (Å²) in [6, 6.07) is 23.9. The second-order valence-electron chi connectivity index (χ2n) is 7.78. The number of aryl methyl sites for hydroxylation is 2. The van der Waals surface area contributed by atoms with Gasteiger partial charge in [-0.1, -0.05) is 60.7 Å². The van der Waals surface area contributed by atoms with Crippen LogP contribution >= 0.6 is 0 Å². The predicted octanol–water partition coefficient (Wildman–Crippen LogP) is 5.33. The molecule has 150 valence electrons. The molecular weight excluding hydrogens is 368 g/mol. The number of hydrogen-bond acceptors (Lipinski definition) is 2. The summed E-state index contributed by atoms with van der Waals surface area (Å²) in [6.45, 7) is 2.73. The van der Waals surface area contributed by atoms with Crippen LogP contribution in [-0.2, 0) is 13.0 Å². The first kappa shape index (κ1) is 18.6. The average molecular weight is 395 g/mol. The molecular formula is C26H26N4. The molecule has 4 nitrogen and oxygen atoms in total. The van der Waals surface area contributed by atoms with E-state index in [1.165, 1.54) is 27.6 Å². The highest BCUT2D eigenvalue weighted by molar-refractivity contribution is 6.27. The third kappa shape index (κ3) is 3.73. The van der Waals surface area contributed by atoms with Gasteiger partial charge in [-0.25, -0.2) is 4.98 Å². The molecule has 0 amide bonds. The van der Waals surface area contributed by atoms with Crippen molar-refractivity contribution in [3.05, 3.63) is 96.6 Å². The van der Waals surface area contributed by atoms with E-state index in [4.69, 9.17) is 4.99 Å². The third-order valence-electron chi connectivity index (χ3n) is 5.76. The molecule has 0 saturated carbocycles. The van der Waals surface area contributed by atoms with Gasteiger partial charge >= 0.3 is 0 Å². The van der Waals surface area contributed by atoms with Crippen molar-refractivity contribution in [2.24, 2.45) is 4.99 Å². The molecule has 30 heavy (non-hydrogen) atoms. The van der Waals surface area contributed by atoms with Gasteiger partial charge in [-0.05, 0) is 36.3 Å². The van der Waals surface area contributed by atoms with Crippen LogP contribution < -0.4 is 4.90 Å². The first-order valence-electron chi connectivity index (χ1n) is 10.7. The third-order valence-corrected chi connectivity index (χ3v) is 5.76. The fourth-order valence-corrected chi connectivity index (χ4v) is 4.33. The number of nitrogens with zero attached hydrogens (tertiary/aromatic N) is 4. The average Bonchev–Trinajstić information content (AvgIpc) is 3.41. The Hall–Kier alpha value is -3.40. The van der Waals surface area contributed by atoms with Crippen LogP contribution in [0.5, 0.6) is 0 Å². The van der Waals surface area contributed by atoms with Crippen LogP contribution in [0.1, 0.15) is 24.0 Å². The smallest absolute Gasteiger partial charge is 0.136 e. The minimum atomic E-state index is 0.813. The molecule has 0 saturated heterocycles. The van der Waals surface area contributed by atoms with Crippen molar-refractivity contribution in [1.82, 2.24) is 9.55 Å². The van der Waals surface area contributed by atoms with Gasteiger partial charge in [-0.2, -0.15) is 0 Å². The SMILES string of the molecule is c1ccc(CCCN2C(=NCCCn3ccnc3)c3cccc4cccc2c34)cc1. The van der Waals surface area contributed by atoms with Gasteiger partial charge in [0.1, 0.15) is 5.84 Å². The minimum absolute atomic E-state index is 0.813. The Morgan fingerprint density at radius 2 is 1.70 bits per heavy atom. The van der Waals surface area contributed by atoms with Crippen molar-refractivity contribution in [2.45, 2.75) is 25.8 Å². The fourth-order valence-electron chi connectivity index (χ4n) is 4.33. The Labute approximate surface area is 177 Å². The summed E-state index contributed by atoms with van der Waals surface area (Å²) in [5, 5.41) is 2.63. The fraction of sp³-hybridized carbons (Fsp3) is 0.231. The van der Waals surface area contributed by atoms with E-state index in [1.807, 2.05) is 18.7 Å². The zero-order valence-electron chi connectivity index (χ0n) is 17.1. The number of aromatic nitrogens is 2. The largest absolute Gasteiger partial charge is 0.337 e. The van der Waals surface area contributed by atoms with Crippen molar-refractivity contribution in [1.29, 1.82) is 0 Å². The van der Waals surface area contributed by atoms with E-state index in [1.54, 1.807) is 0 Å². The van der Waals surface area contributed by atoms with Crippen LogP contribution in [0.15, 0.2) is 90.4 Å². The minimum Gasteiger partial charge on any atom is -0.337 e. The van der Waals surface area contributed by atoms with Crippen molar-refractivity contribution >= 4 is 22.3 Å². The van der Waals surface area contributed by atoms with Gasteiger partial charge in [-0.15, -0.1) is 0 Å². The first-order valence-corrected chi connectivity index (χ1v) is 10.7. The van der Waals surface area contributed by atoms with Crippen molar-refractivity contribution in [2.75, 3.05) is 18.0 Å². The van der Waals surface area contributed by atoms with E-state index in [2.05, 4.69) is 81.2 Å². The number of anilines is 1. The van der Waals surface area contributed by atoms with Crippen LogP contribution in [0.2, 0.25) is 0 Å². The van der Waals surface area contributed by atoms with E-state index in [9.17, 15) is 0 Å². The highest BCUT2D eigenvalue weighted by Gasteiger charge is 2.27. The maximum atomic E-state index is 5.08. The lowest BCUT2D eigenvalue weighted by atomic mass is 10.1. The molecule has 0 unspecified atom stereocenters. The highest BCUT2D eigenvalue weighted by atomic mass is 15.2. The molecule has 2 heterocycles. The molecule has 1 aromatic heterocycles. The normalized spacial score (nSPS) is 14.1. The number of hydrogen-bond donors (Lipinski definition) is 0. The first-order chi connectivity index (χ1) is 14.9. The zero-order chi connectivity index (χ0) is 20.2. The summed E-state index contributed by atoms with van der Waals surface area (Å²) in [7, 11) is 0. The van der Waals surface area contributed by atoms with Crippen LogP contribution in [0.3, 0.4) is 0 Å². The molecule has 0 radical (unpaired) electrons. The quantitative estimate of drug-likeness (QED) is 0.379. The van der Waals surface area contributed by atoms with E-state index >= 15 is 0 Å². The van der Waals surface area contributed by atoms with E-state index in [0.29, 0.717) is 0 Å². The molecule has 4 heteroatoms. The Kier molecular flexibility index (Phi) is 5.30. The van der Waals surface area contributed by atoms with E-state index in [0.717, 1.165) is 44.7 Å². The Morgan fingerprint density at radius 1 is 0.833 bits per heavy atom. The lowest BCUT2D eigenvalue weighted by Crippen LogP contribution is -2.29. The molecule has 5 rings (SSSR count).